The van der Waals surface area contributed by atoms with Crippen molar-refractivity contribution in [2.45, 2.75) is 52.1 Å². The van der Waals surface area contributed by atoms with E-state index >= 15 is 0 Å². The lowest BCUT2D eigenvalue weighted by atomic mass is 10.1. The lowest BCUT2D eigenvalue weighted by molar-refractivity contribution is 0.238. The summed E-state index contributed by atoms with van der Waals surface area (Å²) < 4.78 is 5.61. The van der Waals surface area contributed by atoms with Crippen LogP contribution in [0.3, 0.4) is 0 Å². The van der Waals surface area contributed by atoms with E-state index < -0.39 is 0 Å². The van der Waals surface area contributed by atoms with Crippen LogP contribution in [0.5, 0.6) is 0 Å². The summed E-state index contributed by atoms with van der Waals surface area (Å²) in [7, 11) is 0. The molecule has 0 radical (unpaired) electrons. The molecule has 1 aliphatic heterocycles. The van der Waals surface area contributed by atoms with Crippen LogP contribution in [0.4, 0.5) is 0 Å². The lowest BCUT2D eigenvalue weighted by Crippen LogP contribution is -2.26. The highest BCUT2D eigenvalue weighted by Crippen LogP contribution is 2.18. The predicted molar refractivity (Wildman–Crippen MR) is 69.7 cm³/mol. The minimum absolute atomic E-state index is 0.501. The molecule has 2 N–H and O–H groups in total. The largest absolute Gasteiger partial charge is 0.465 e. The molecule has 0 spiro atoms. The number of nitrogens with zero attached hydrogens (tertiary/aromatic N) is 1. The van der Waals surface area contributed by atoms with Gasteiger partial charge in [-0.25, -0.2) is 0 Å². The zero-order chi connectivity index (χ0) is 12.1. The number of rotatable bonds is 3. The van der Waals surface area contributed by atoms with E-state index in [1.54, 1.807) is 0 Å². The van der Waals surface area contributed by atoms with Gasteiger partial charge in [-0.3, -0.25) is 4.90 Å². The molecule has 2 rings (SSSR count). The fraction of sp³-hybridized carbons (Fsp3) is 0.714. The van der Waals surface area contributed by atoms with E-state index in [0.29, 0.717) is 6.54 Å². The topological polar surface area (TPSA) is 42.4 Å². The third-order valence-corrected chi connectivity index (χ3v) is 3.62. The molecular weight excluding hydrogens is 212 g/mol. The van der Waals surface area contributed by atoms with Gasteiger partial charge in [0.2, 0.25) is 0 Å². The molecule has 2 heterocycles. The van der Waals surface area contributed by atoms with Crippen molar-refractivity contribution >= 4 is 0 Å². The molecular formula is C14H24N2O. The molecule has 1 aromatic heterocycles. The molecule has 0 unspecified atom stereocenters. The number of hydrogen-bond donors (Lipinski definition) is 1. The Balaban J connectivity index is 1.95. The Bertz CT molecular complexity index is 338. The molecule has 0 aliphatic carbocycles. The molecule has 1 aromatic rings. The highest BCUT2D eigenvalue weighted by atomic mass is 16.3. The summed E-state index contributed by atoms with van der Waals surface area (Å²) in [4.78, 5) is 2.55. The molecule has 3 heteroatoms. The maximum atomic E-state index is 5.61. The molecule has 17 heavy (non-hydrogen) atoms. The van der Waals surface area contributed by atoms with Gasteiger partial charge in [-0.1, -0.05) is 19.3 Å². The lowest BCUT2D eigenvalue weighted by Gasteiger charge is -2.24. The summed E-state index contributed by atoms with van der Waals surface area (Å²) in [6.07, 6.45) is 6.85. The Hall–Kier alpha value is -0.800. The van der Waals surface area contributed by atoms with Crippen LogP contribution in [0.25, 0.3) is 0 Å². The molecule has 3 nitrogen and oxygen atoms in total. The van der Waals surface area contributed by atoms with Gasteiger partial charge in [-0.15, -0.1) is 0 Å². The van der Waals surface area contributed by atoms with Crippen molar-refractivity contribution in [3.8, 4) is 0 Å². The number of likely N-dealkylation sites (tertiary alicyclic amines) is 1. The van der Waals surface area contributed by atoms with Crippen LogP contribution < -0.4 is 5.73 Å². The second-order valence-electron chi connectivity index (χ2n) is 5.04. The highest BCUT2D eigenvalue weighted by Gasteiger charge is 2.12. The smallest absolute Gasteiger partial charge is 0.118 e. The van der Waals surface area contributed by atoms with Crippen LogP contribution in [0.1, 0.15) is 49.2 Å². The predicted octanol–water partition coefficient (Wildman–Crippen LogP) is 2.81. The van der Waals surface area contributed by atoms with Gasteiger partial charge < -0.3 is 10.2 Å². The normalized spacial score (nSPS) is 18.9. The van der Waals surface area contributed by atoms with Gasteiger partial charge in [0.15, 0.2) is 0 Å². The zero-order valence-electron chi connectivity index (χ0n) is 10.9. The first kappa shape index (κ1) is 12.7. The van der Waals surface area contributed by atoms with E-state index in [1.165, 1.54) is 50.8 Å². The zero-order valence-corrected chi connectivity index (χ0v) is 10.9. The van der Waals surface area contributed by atoms with Crippen LogP contribution >= 0.6 is 0 Å². The van der Waals surface area contributed by atoms with E-state index in [9.17, 15) is 0 Å². The molecule has 0 atom stereocenters. The molecule has 0 aromatic carbocycles. The van der Waals surface area contributed by atoms with E-state index in [1.807, 2.05) is 6.92 Å². The molecule has 96 valence electrons. The van der Waals surface area contributed by atoms with E-state index in [0.717, 1.165) is 18.1 Å². The van der Waals surface area contributed by atoms with Crippen molar-refractivity contribution in [2.75, 3.05) is 13.1 Å². The van der Waals surface area contributed by atoms with Crippen molar-refractivity contribution in [3.63, 3.8) is 0 Å². The summed E-state index contributed by atoms with van der Waals surface area (Å²) >= 11 is 0. The Labute approximate surface area is 104 Å². The SMILES string of the molecule is Cc1oc(CN)cc1CN1CCCCCCC1. The molecule has 1 saturated heterocycles. The third kappa shape index (κ3) is 3.58. The molecule has 0 amide bonds. The van der Waals surface area contributed by atoms with Gasteiger partial charge in [-0.05, 0) is 38.9 Å². The Morgan fingerprint density at radius 3 is 2.41 bits per heavy atom. The van der Waals surface area contributed by atoms with Crippen LogP contribution in [-0.2, 0) is 13.1 Å². The van der Waals surface area contributed by atoms with Crippen LogP contribution in [-0.4, -0.2) is 18.0 Å². The van der Waals surface area contributed by atoms with Gasteiger partial charge in [0.1, 0.15) is 11.5 Å². The molecule has 1 aliphatic rings. The standard InChI is InChI=1S/C14H24N2O/c1-12-13(9-14(10-15)17-12)11-16-7-5-3-2-4-6-8-16/h9H,2-8,10-11,15H2,1H3. The van der Waals surface area contributed by atoms with Crippen molar-refractivity contribution in [1.82, 2.24) is 4.90 Å². The summed E-state index contributed by atoms with van der Waals surface area (Å²) in [6, 6.07) is 2.12. The fourth-order valence-electron chi connectivity index (χ4n) is 2.56. The first-order valence-corrected chi connectivity index (χ1v) is 6.80. The number of nitrogens with two attached hydrogens (primary N) is 1. The number of aryl methyl sites for hydroxylation is 1. The minimum atomic E-state index is 0.501. The highest BCUT2D eigenvalue weighted by molar-refractivity contribution is 5.20. The summed E-state index contributed by atoms with van der Waals surface area (Å²) in [6.45, 7) is 6.01. The number of furan rings is 1. The summed E-state index contributed by atoms with van der Waals surface area (Å²) in [5.74, 6) is 1.94. The second kappa shape index (κ2) is 6.22. The molecule has 1 fully saturated rings. The van der Waals surface area contributed by atoms with Gasteiger partial charge in [0, 0.05) is 12.1 Å². The van der Waals surface area contributed by atoms with Crippen LogP contribution in [0.2, 0.25) is 0 Å². The maximum absolute atomic E-state index is 5.61. The minimum Gasteiger partial charge on any atom is -0.465 e. The first-order chi connectivity index (χ1) is 8.29. The maximum Gasteiger partial charge on any atom is 0.118 e. The van der Waals surface area contributed by atoms with Crippen LogP contribution in [0, 0.1) is 6.92 Å². The van der Waals surface area contributed by atoms with Gasteiger partial charge in [-0.2, -0.15) is 0 Å². The third-order valence-electron chi connectivity index (χ3n) is 3.62. The first-order valence-electron chi connectivity index (χ1n) is 6.80. The quantitative estimate of drug-likeness (QED) is 0.877. The fourth-order valence-corrected chi connectivity index (χ4v) is 2.56. The Kier molecular flexibility index (Phi) is 4.63. The monoisotopic (exact) mass is 236 g/mol. The summed E-state index contributed by atoms with van der Waals surface area (Å²) in [5, 5.41) is 0. The number of hydrogen-bond acceptors (Lipinski definition) is 3. The van der Waals surface area contributed by atoms with E-state index in [-0.39, 0.29) is 0 Å². The average Bonchev–Trinajstić information content (AvgIpc) is 2.63. The molecule has 0 bridgehead atoms. The summed E-state index contributed by atoms with van der Waals surface area (Å²) in [5.41, 5.74) is 6.91. The van der Waals surface area contributed by atoms with Crippen molar-refractivity contribution in [3.05, 3.63) is 23.2 Å². The van der Waals surface area contributed by atoms with E-state index in [4.69, 9.17) is 10.2 Å². The second-order valence-corrected chi connectivity index (χ2v) is 5.04. The van der Waals surface area contributed by atoms with Gasteiger partial charge in [0.05, 0.1) is 6.54 Å². The van der Waals surface area contributed by atoms with Crippen molar-refractivity contribution in [1.29, 1.82) is 0 Å². The van der Waals surface area contributed by atoms with Crippen molar-refractivity contribution in [2.24, 2.45) is 5.73 Å². The van der Waals surface area contributed by atoms with E-state index in [2.05, 4.69) is 11.0 Å². The molecule has 0 saturated carbocycles. The van der Waals surface area contributed by atoms with Gasteiger partial charge in [0.25, 0.3) is 0 Å². The Morgan fingerprint density at radius 1 is 1.18 bits per heavy atom. The van der Waals surface area contributed by atoms with Crippen LogP contribution in [0.15, 0.2) is 10.5 Å². The van der Waals surface area contributed by atoms with Gasteiger partial charge >= 0.3 is 0 Å². The average molecular weight is 236 g/mol. The van der Waals surface area contributed by atoms with Crippen molar-refractivity contribution < 1.29 is 4.42 Å². The Morgan fingerprint density at radius 2 is 1.82 bits per heavy atom.